The van der Waals surface area contributed by atoms with Crippen LogP contribution in [0.2, 0.25) is 0 Å². The van der Waals surface area contributed by atoms with E-state index in [1.807, 2.05) is 0 Å². The Morgan fingerprint density at radius 1 is 0.952 bits per heavy atom. The summed E-state index contributed by atoms with van der Waals surface area (Å²) in [6.45, 7) is 5.13. The molecule has 2 aliphatic rings. The molecule has 3 rings (SSSR count). The predicted octanol–water partition coefficient (Wildman–Crippen LogP) is 3.79. The molecule has 21 heavy (non-hydrogen) atoms. The molecular formula is C19H30N2. The normalized spacial score (nSPS) is 27.0. The predicted molar refractivity (Wildman–Crippen MR) is 89.7 cm³/mol. The lowest BCUT2D eigenvalue weighted by Crippen LogP contribution is -2.38. The van der Waals surface area contributed by atoms with E-state index in [0.717, 1.165) is 5.92 Å². The molecule has 0 radical (unpaired) electrons. The van der Waals surface area contributed by atoms with E-state index in [1.54, 1.807) is 0 Å². The van der Waals surface area contributed by atoms with E-state index in [-0.39, 0.29) is 0 Å². The maximum absolute atomic E-state index is 3.87. The molecule has 2 atom stereocenters. The smallest absolute Gasteiger partial charge is 0.0136 e. The van der Waals surface area contributed by atoms with Gasteiger partial charge in [-0.05, 0) is 69.8 Å². The van der Waals surface area contributed by atoms with Crippen LogP contribution in [0.25, 0.3) is 0 Å². The number of hydrogen-bond acceptors (Lipinski definition) is 2. The lowest BCUT2D eigenvalue weighted by Gasteiger charge is -2.33. The zero-order valence-electron chi connectivity index (χ0n) is 13.3. The van der Waals surface area contributed by atoms with Crippen molar-refractivity contribution in [2.45, 2.75) is 56.9 Å². The minimum atomic E-state index is 0.694. The summed E-state index contributed by atoms with van der Waals surface area (Å²) in [7, 11) is 0. The van der Waals surface area contributed by atoms with Crippen LogP contribution in [-0.4, -0.2) is 37.1 Å². The highest BCUT2D eigenvalue weighted by Gasteiger charge is 2.25. The SMILES string of the molecule is c1ccc(C2CCCCC2NCCCN2CCCC2)cc1. The average molecular weight is 286 g/mol. The van der Waals surface area contributed by atoms with Crippen LogP contribution in [0.1, 0.15) is 56.4 Å². The third kappa shape index (κ3) is 4.31. The van der Waals surface area contributed by atoms with Gasteiger partial charge in [-0.1, -0.05) is 43.2 Å². The van der Waals surface area contributed by atoms with Gasteiger partial charge in [0.15, 0.2) is 0 Å². The second-order valence-corrected chi connectivity index (χ2v) is 6.76. The van der Waals surface area contributed by atoms with Gasteiger partial charge in [-0.25, -0.2) is 0 Å². The van der Waals surface area contributed by atoms with Crippen molar-refractivity contribution in [3.63, 3.8) is 0 Å². The lowest BCUT2D eigenvalue weighted by atomic mass is 9.80. The first-order valence-electron chi connectivity index (χ1n) is 8.94. The average Bonchev–Trinajstić information content (AvgIpc) is 3.06. The van der Waals surface area contributed by atoms with Crippen LogP contribution in [-0.2, 0) is 0 Å². The van der Waals surface area contributed by atoms with Gasteiger partial charge in [0, 0.05) is 6.04 Å². The molecule has 1 aromatic carbocycles. The summed E-state index contributed by atoms with van der Waals surface area (Å²) >= 11 is 0. The fraction of sp³-hybridized carbons (Fsp3) is 0.684. The quantitative estimate of drug-likeness (QED) is 0.800. The number of nitrogens with zero attached hydrogens (tertiary/aromatic N) is 1. The highest BCUT2D eigenvalue weighted by atomic mass is 15.1. The first-order valence-corrected chi connectivity index (χ1v) is 8.94. The van der Waals surface area contributed by atoms with Crippen LogP contribution in [0.4, 0.5) is 0 Å². The lowest BCUT2D eigenvalue weighted by molar-refractivity contribution is 0.301. The Morgan fingerprint density at radius 2 is 1.71 bits per heavy atom. The molecule has 0 spiro atoms. The summed E-state index contributed by atoms with van der Waals surface area (Å²) in [5.41, 5.74) is 1.54. The third-order valence-electron chi connectivity index (χ3n) is 5.25. The van der Waals surface area contributed by atoms with Crippen LogP contribution < -0.4 is 5.32 Å². The highest BCUT2D eigenvalue weighted by Crippen LogP contribution is 2.32. The van der Waals surface area contributed by atoms with E-state index in [4.69, 9.17) is 0 Å². The van der Waals surface area contributed by atoms with E-state index in [2.05, 4.69) is 40.5 Å². The number of rotatable bonds is 6. The molecule has 1 aliphatic heterocycles. The Bertz CT molecular complexity index is 397. The van der Waals surface area contributed by atoms with Crippen molar-refractivity contribution in [1.29, 1.82) is 0 Å². The highest BCUT2D eigenvalue weighted by molar-refractivity contribution is 5.21. The molecule has 2 unspecified atom stereocenters. The zero-order chi connectivity index (χ0) is 14.3. The maximum Gasteiger partial charge on any atom is 0.0136 e. The molecule has 2 heteroatoms. The molecule has 1 aromatic rings. The van der Waals surface area contributed by atoms with E-state index < -0.39 is 0 Å². The van der Waals surface area contributed by atoms with E-state index >= 15 is 0 Å². The van der Waals surface area contributed by atoms with Gasteiger partial charge in [0.25, 0.3) is 0 Å². The Hall–Kier alpha value is -0.860. The van der Waals surface area contributed by atoms with Gasteiger partial charge in [-0.2, -0.15) is 0 Å². The van der Waals surface area contributed by atoms with Crippen LogP contribution in [0.15, 0.2) is 30.3 Å². The molecule has 0 aromatic heterocycles. The molecule has 1 aliphatic carbocycles. The van der Waals surface area contributed by atoms with Crippen LogP contribution >= 0.6 is 0 Å². The molecule has 1 saturated heterocycles. The number of benzene rings is 1. The molecule has 2 fully saturated rings. The van der Waals surface area contributed by atoms with Crippen molar-refractivity contribution in [1.82, 2.24) is 10.2 Å². The Kier molecular flexibility index (Phi) is 5.70. The van der Waals surface area contributed by atoms with Crippen molar-refractivity contribution in [3.8, 4) is 0 Å². The maximum atomic E-state index is 3.87. The monoisotopic (exact) mass is 286 g/mol. The molecule has 1 heterocycles. The van der Waals surface area contributed by atoms with Crippen molar-refractivity contribution in [3.05, 3.63) is 35.9 Å². The van der Waals surface area contributed by atoms with E-state index in [9.17, 15) is 0 Å². The molecule has 0 bridgehead atoms. The molecular weight excluding hydrogens is 256 g/mol. The minimum Gasteiger partial charge on any atom is -0.313 e. The minimum absolute atomic E-state index is 0.694. The van der Waals surface area contributed by atoms with Crippen LogP contribution in [0, 0.1) is 0 Å². The second kappa shape index (κ2) is 7.95. The topological polar surface area (TPSA) is 15.3 Å². The molecule has 2 nitrogen and oxygen atoms in total. The first-order chi connectivity index (χ1) is 10.4. The van der Waals surface area contributed by atoms with Gasteiger partial charge < -0.3 is 10.2 Å². The van der Waals surface area contributed by atoms with Crippen molar-refractivity contribution < 1.29 is 0 Å². The fourth-order valence-electron chi connectivity index (χ4n) is 4.07. The largest absolute Gasteiger partial charge is 0.313 e. The summed E-state index contributed by atoms with van der Waals surface area (Å²) in [5, 5.41) is 3.87. The third-order valence-corrected chi connectivity index (χ3v) is 5.25. The van der Waals surface area contributed by atoms with Crippen molar-refractivity contribution >= 4 is 0 Å². The number of likely N-dealkylation sites (tertiary alicyclic amines) is 1. The molecule has 1 saturated carbocycles. The van der Waals surface area contributed by atoms with Gasteiger partial charge in [0.05, 0.1) is 0 Å². The van der Waals surface area contributed by atoms with E-state index in [1.165, 1.54) is 76.7 Å². The van der Waals surface area contributed by atoms with Gasteiger partial charge in [-0.3, -0.25) is 0 Å². The van der Waals surface area contributed by atoms with Crippen LogP contribution in [0.3, 0.4) is 0 Å². The Morgan fingerprint density at radius 3 is 2.52 bits per heavy atom. The number of nitrogens with one attached hydrogen (secondary N) is 1. The van der Waals surface area contributed by atoms with E-state index in [0.29, 0.717) is 6.04 Å². The fourth-order valence-corrected chi connectivity index (χ4v) is 4.07. The van der Waals surface area contributed by atoms with Gasteiger partial charge in [0.1, 0.15) is 0 Å². The first kappa shape index (κ1) is 15.1. The molecule has 116 valence electrons. The van der Waals surface area contributed by atoms with Crippen LogP contribution in [0.5, 0.6) is 0 Å². The standard InChI is InChI=1S/C19H30N2/c1-2-9-17(10-3-1)18-11-4-5-12-19(18)20-13-8-16-21-14-6-7-15-21/h1-3,9-10,18-20H,4-8,11-16H2. The van der Waals surface area contributed by atoms with Crippen molar-refractivity contribution in [2.24, 2.45) is 0 Å². The van der Waals surface area contributed by atoms with Gasteiger partial charge in [-0.15, -0.1) is 0 Å². The van der Waals surface area contributed by atoms with Gasteiger partial charge >= 0.3 is 0 Å². The molecule has 0 amide bonds. The Balaban J connectivity index is 1.45. The summed E-state index contributed by atoms with van der Waals surface area (Å²) in [6, 6.07) is 11.8. The number of hydrogen-bond donors (Lipinski definition) is 1. The summed E-state index contributed by atoms with van der Waals surface area (Å²) in [6.07, 6.45) is 9.62. The summed E-state index contributed by atoms with van der Waals surface area (Å²) in [4.78, 5) is 2.62. The second-order valence-electron chi connectivity index (χ2n) is 6.76. The summed E-state index contributed by atoms with van der Waals surface area (Å²) in [5.74, 6) is 0.728. The molecule has 1 N–H and O–H groups in total. The summed E-state index contributed by atoms with van der Waals surface area (Å²) < 4.78 is 0. The van der Waals surface area contributed by atoms with Crippen molar-refractivity contribution in [2.75, 3.05) is 26.2 Å². The Labute approximate surface area is 129 Å². The zero-order valence-corrected chi connectivity index (χ0v) is 13.3. The van der Waals surface area contributed by atoms with Gasteiger partial charge in [0.2, 0.25) is 0 Å².